The van der Waals surface area contributed by atoms with Crippen molar-refractivity contribution in [3.8, 4) is 17.2 Å². The van der Waals surface area contributed by atoms with Crippen LogP contribution in [0.1, 0.15) is 5.56 Å². The van der Waals surface area contributed by atoms with E-state index >= 15 is 0 Å². The van der Waals surface area contributed by atoms with E-state index in [0.717, 1.165) is 11.1 Å². The number of hydrogen-bond donors (Lipinski definition) is 1. The normalized spacial score (nSPS) is 9.65. The van der Waals surface area contributed by atoms with Gasteiger partial charge in [0.05, 0.1) is 6.07 Å². The minimum absolute atomic E-state index is 0.212. The molecule has 2 rings (SSSR count). The molecule has 4 heteroatoms. The fourth-order valence-electron chi connectivity index (χ4n) is 1.57. The standard InChI is InChI=1S/C13H12N4/c1-10-4-2-3-5-12(10)11-8-16-13(17-9-11)15-7-6-14/h2-5,8-9H,7H2,1H3,(H,15,16,17). The van der Waals surface area contributed by atoms with Crippen molar-refractivity contribution < 1.29 is 0 Å². The second kappa shape index (κ2) is 5.08. The number of aryl methyl sites for hydroxylation is 1. The van der Waals surface area contributed by atoms with E-state index in [0.29, 0.717) is 5.95 Å². The van der Waals surface area contributed by atoms with Crippen LogP contribution in [0.3, 0.4) is 0 Å². The Morgan fingerprint density at radius 1 is 1.24 bits per heavy atom. The summed E-state index contributed by atoms with van der Waals surface area (Å²) in [6, 6.07) is 10.1. The maximum atomic E-state index is 8.43. The number of anilines is 1. The first-order chi connectivity index (χ1) is 8.31. The van der Waals surface area contributed by atoms with E-state index in [1.807, 2.05) is 24.3 Å². The zero-order valence-corrected chi connectivity index (χ0v) is 9.51. The Labute approximate surface area is 100.0 Å². The van der Waals surface area contributed by atoms with Crippen LogP contribution in [0.2, 0.25) is 0 Å². The third-order valence-corrected chi connectivity index (χ3v) is 2.43. The first kappa shape index (κ1) is 11.1. The lowest BCUT2D eigenvalue weighted by atomic mass is 10.0. The van der Waals surface area contributed by atoms with Crippen molar-refractivity contribution in [2.24, 2.45) is 0 Å². The summed E-state index contributed by atoms with van der Waals surface area (Å²) < 4.78 is 0. The third-order valence-electron chi connectivity index (χ3n) is 2.43. The van der Waals surface area contributed by atoms with E-state index < -0.39 is 0 Å². The minimum Gasteiger partial charge on any atom is -0.341 e. The summed E-state index contributed by atoms with van der Waals surface area (Å²) in [5.41, 5.74) is 3.29. The van der Waals surface area contributed by atoms with Gasteiger partial charge in [0.2, 0.25) is 5.95 Å². The predicted octanol–water partition coefficient (Wildman–Crippen LogP) is 2.39. The number of hydrogen-bond acceptors (Lipinski definition) is 4. The molecule has 1 aromatic carbocycles. The van der Waals surface area contributed by atoms with Gasteiger partial charge >= 0.3 is 0 Å². The molecule has 0 radical (unpaired) electrons. The summed E-state index contributed by atoms with van der Waals surface area (Å²) in [6.45, 7) is 2.26. The zero-order valence-electron chi connectivity index (χ0n) is 9.51. The molecule has 2 aromatic rings. The fraction of sp³-hybridized carbons (Fsp3) is 0.154. The van der Waals surface area contributed by atoms with Gasteiger partial charge < -0.3 is 5.32 Å². The number of benzene rings is 1. The van der Waals surface area contributed by atoms with Gasteiger partial charge in [0.15, 0.2) is 0 Å². The second-order valence-corrected chi connectivity index (χ2v) is 3.62. The average molecular weight is 224 g/mol. The molecule has 0 aliphatic heterocycles. The van der Waals surface area contributed by atoms with Gasteiger partial charge in [-0.1, -0.05) is 24.3 Å². The number of nitrogens with zero attached hydrogens (tertiary/aromatic N) is 3. The second-order valence-electron chi connectivity index (χ2n) is 3.62. The van der Waals surface area contributed by atoms with Crippen LogP contribution in [0.5, 0.6) is 0 Å². The highest BCUT2D eigenvalue weighted by molar-refractivity contribution is 5.65. The van der Waals surface area contributed by atoms with Crippen LogP contribution < -0.4 is 5.32 Å². The third kappa shape index (κ3) is 2.58. The van der Waals surface area contributed by atoms with Crippen LogP contribution in [0.4, 0.5) is 5.95 Å². The number of rotatable bonds is 3. The quantitative estimate of drug-likeness (QED) is 0.813. The average Bonchev–Trinajstić information content (AvgIpc) is 2.38. The smallest absolute Gasteiger partial charge is 0.223 e. The molecule has 0 saturated carbocycles. The highest BCUT2D eigenvalue weighted by Gasteiger charge is 2.02. The maximum absolute atomic E-state index is 8.43. The molecule has 0 amide bonds. The topological polar surface area (TPSA) is 61.6 Å². The van der Waals surface area contributed by atoms with Crippen LogP contribution >= 0.6 is 0 Å². The molecule has 0 atom stereocenters. The highest BCUT2D eigenvalue weighted by Crippen LogP contribution is 2.21. The van der Waals surface area contributed by atoms with Gasteiger partial charge in [-0.2, -0.15) is 5.26 Å². The Bertz CT molecular complexity index is 540. The number of nitrogens with one attached hydrogen (secondary N) is 1. The summed E-state index contributed by atoms with van der Waals surface area (Å²) >= 11 is 0. The first-order valence-electron chi connectivity index (χ1n) is 5.30. The molecule has 17 heavy (non-hydrogen) atoms. The molecule has 0 fully saturated rings. The summed E-state index contributed by atoms with van der Waals surface area (Å²) in [5, 5.41) is 11.2. The summed E-state index contributed by atoms with van der Waals surface area (Å²) in [7, 11) is 0. The van der Waals surface area contributed by atoms with Crippen molar-refractivity contribution in [3.63, 3.8) is 0 Å². The Morgan fingerprint density at radius 2 is 1.94 bits per heavy atom. The summed E-state index contributed by atoms with van der Waals surface area (Å²) in [5.74, 6) is 0.476. The Kier molecular flexibility index (Phi) is 3.31. The molecular weight excluding hydrogens is 212 g/mol. The lowest BCUT2D eigenvalue weighted by Crippen LogP contribution is -2.02. The van der Waals surface area contributed by atoms with Crippen LogP contribution in [-0.2, 0) is 0 Å². The Hall–Kier alpha value is -2.41. The highest BCUT2D eigenvalue weighted by atomic mass is 15.1. The first-order valence-corrected chi connectivity index (χ1v) is 5.30. The van der Waals surface area contributed by atoms with Crippen molar-refractivity contribution in [2.45, 2.75) is 6.92 Å². The lowest BCUT2D eigenvalue weighted by molar-refractivity contribution is 1.12. The molecular formula is C13H12N4. The van der Waals surface area contributed by atoms with Gasteiger partial charge in [-0.25, -0.2) is 9.97 Å². The van der Waals surface area contributed by atoms with Crippen molar-refractivity contribution >= 4 is 5.95 Å². The molecule has 0 unspecified atom stereocenters. The summed E-state index contributed by atoms with van der Waals surface area (Å²) in [4.78, 5) is 8.32. The van der Waals surface area contributed by atoms with Gasteiger partial charge in [0, 0.05) is 18.0 Å². The molecule has 84 valence electrons. The van der Waals surface area contributed by atoms with Gasteiger partial charge in [0.25, 0.3) is 0 Å². The van der Waals surface area contributed by atoms with Crippen molar-refractivity contribution in [2.75, 3.05) is 11.9 Å². The molecule has 1 N–H and O–H groups in total. The van der Waals surface area contributed by atoms with Crippen LogP contribution in [0, 0.1) is 18.3 Å². The molecule has 0 saturated heterocycles. The van der Waals surface area contributed by atoms with Crippen molar-refractivity contribution in [3.05, 3.63) is 42.2 Å². The van der Waals surface area contributed by atoms with E-state index in [4.69, 9.17) is 5.26 Å². The monoisotopic (exact) mass is 224 g/mol. The largest absolute Gasteiger partial charge is 0.341 e. The Morgan fingerprint density at radius 3 is 2.59 bits per heavy atom. The van der Waals surface area contributed by atoms with E-state index in [-0.39, 0.29) is 6.54 Å². The molecule has 0 spiro atoms. The molecule has 1 aromatic heterocycles. The molecule has 0 bridgehead atoms. The number of aromatic nitrogens is 2. The van der Waals surface area contributed by atoms with E-state index in [1.54, 1.807) is 12.4 Å². The fourth-order valence-corrected chi connectivity index (χ4v) is 1.57. The molecule has 1 heterocycles. The summed E-state index contributed by atoms with van der Waals surface area (Å²) in [6.07, 6.45) is 3.52. The van der Waals surface area contributed by atoms with Gasteiger partial charge in [-0.15, -0.1) is 0 Å². The number of nitriles is 1. The van der Waals surface area contributed by atoms with E-state index in [2.05, 4.69) is 28.3 Å². The zero-order chi connectivity index (χ0) is 12.1. The van der Waals surface area contributed by atoms with Crippen molar-refractivity contribution in [1.82, 2.24) is 9.97 Å². The Balaban J connectivity index is 2.24. The van der Waals surface area contributed by atoms with Gasteiger partial charge in [-0.3, -0.25) is 0 Å². The van der Waals surface area contributed by atoms with Crippen LogP contribution in [0.25, 0.3) is 11.1 Å². The SMILES string of the molecule is Cc1ccccc1-c1cnc(NCC#N)nc1. The van der Waals surface area contributed by atoms with Crippen molar-refractivity contribution in [1.29, 1.82) is 5.26 Å². The van der Waals surface area contributed by atoms with E-state index in [1.165, 1.54) is 5.56 Å². The van der Waals surface area contributed by atoms with Gasteiger partial charge in [0.1, 0.15) is 6.54 Å². The van der Waals surface area contributed by atoms with Gasteiger partial charge in [-0.05, 0) is 18.1 Å². The predicted molar refractivity (Wildman–Crippen MR) is 66.3 cm³/mol. The lowest BCUT2D eigenvalue weighted by Gasteiger charge is -2.05. The molecule has 0 aliphatic carbocycles. The maximum Gasteiger partial charge on any atom is 0.223 e. The van der Waals surface area contributed by atoms with Crippen LogP contribution in [0.15, 0.2) is 36.7 Å². The van der Waals surface area contributed by atoms with E-state index in [9.17, 15) is 0 Å². The molecule has 4 nitrogen and oxygen atoms in total. The molecule has 0 aliphatic rings. The van der Waals surface area contributed by atoms with Crippen LogP contribution in [-0.4, -0.2) is 16.5 Å². The minimum atomic E-state index is 0.212.